The second-order valence-corrected chi connectivity index (χ2v) is 3.96. The fourth-order valence-corrected chi connectivity index (χ4v) is 2.14. The van der Waals surface area contributed by atoms with Gasteiger partial charge in [-0.15, -0.1) is 12.4 Å². The average molecular weight is 291 g/mol. The van der Waals surface area contributed by atoms with Crippen LogP contribution in [0.15, 0.2) is 23.4 Å². The molecule has 0 unspecified atom stereocenters. The van der Waals surface area contributed by atoms with Gasteiger partial charge in [0, 0.05) is 44.3 Å². The third-order valence-corrected chi connectivity index (χ3v) is 2.89. The summed E-state index contributed by atoms with van der Waals surface area (Å²) in [6.45, 7) is 4.45. The topological polar surface area (TPSA) is 39.6 Å². The van der Waals surface area contributed by atoms with E-state index in [0.29, 0.717) is 0 Å². The van der Waals surface area contributed by atoms with Crippen molar-refractivity contribution in [2.75, 3.05) is 13.1 Å². The van der Waals surface area contributed by atoms with Crippen LogP contribution in [0.4, 0.5) is 0 Å². The molecule has 84 valence electrons. The Morgan fingerprint density at radius 2 is 1.88 bits per heavy atom. The normalized spacial score (nSPS) is 19.1. The maximum atomic E-state index is 8.66. The minimum Gasteiger partial charge on any atom is -0.372 e. The van der Waals surface area contributed by atoms with Crippen LogP contribution in [-0.2, 0) is 19.5 Å². The SMILES string of the molecule is CC1=C(N2CCCC2)C=CC(=[N+]=[N-])C1.Cl.[Zn]. The molecule has 3 nitrogen and oxygen atoms in total. The predicted molar refractivity (Wildman–Crippen MR) is 63.1 cm³/mol. The van der Waals surface area contributed by atoms with Crippen LogP contribution >= 0.6 is 12.4 Å². The zero-order valence-corrected chi connectivity index (χ0v) is 13.4. The molecule has 1 aliphatic heterocycles. The molecule has 0 radical (unpaired) electrons. The fraction of sp³-hybridized carbons (Fsp3) is 0.545. The van der Waals surface area contributed by atoms with Gasteiger partial charge in [-0.2, -0.15) is 4.79 Å². The van der Waals surface area contributed by atoms with E-state index < -0.39 is 0 Å². The van der Waals surface area contributed by atoms with Crippen molar-refractivity contribution in [2.45, 2.75) is 26.2 Å². The van der Waals surface area contributed by atoms with Crippen molar-refractivity contribution < 1.29 is 24.3 Å². The number of hydrogen-bond acceptors (Lipinski definition) is 1. The third-order valence-electron chi connectivity index (χ3n) is 2.89. The van der Waals surface area contributed by atoms with Crippen LogP contribution in [0.5, 0.6) is 0 Å². The standard InChI is InChI=1S/C11H15N3.ClH.Zn/c1-9-8-10(13-12)4-5-11(9)14-6-2-3-7-14;;/h4-5H,2-3,6-8H2,1H3;1H;. The van der Waals surface area contributed by atoms with Crippen LogP contribution < -0.4 is 0 Å². The molecule has 2 rings (SSSR count). The van der Waals surface area contributed by atoms with Gasteiger partial charge in [-0.05, 0) is 31.4 Å². The molecule has 0 saturated carbocycles. The number of rotatable bonds is 1. The van der Waals surface area contributed by atoms with E-state index in [1.54, 1.807) is 0 Å². The minimum atomic E-state index is 0. The Morgan fingerprint density at radius 3 is 2.38 bits per heavy atom. The van der Waals surface area contributed by atoms with Crippen LogP contribution in [0.2, 0.25) is 0 Å². The molecule has 0 N–H and O–H groups in total. The summed E-state index contributed by atoms with van der Waals surface area (Å²) in [7, 11) is 0. The summed E-state index contributed by atoms with van der Waals surface area (Å²) in [5.74, 6) is 0. The summed E-state index contributed by atoms with van der Waals surface area (Å²) in [5, 5.41) is 0. The second kappa shape index (κ2) is 7.01. The van der Waals surface area contributed by atoms with E-state index in [1.807, 2.05) is 6.08 Å². The fourth-order valence-electron chi connectivity index (χ4n) is 2.14. The van der Waals surface area contributed by atoms with E-state index in [0.717, 1.165) is 12.1 Å². The molecule has 0 bridgehead atoms. The Kier molecular flexibility index (Phi) is 6.82. The molecule has 2 aliphatic rings. The summed E-state index contributed by atoms with van der Waals surface area (Å²) >= 11 is 0. The maximum absolute atomic E-state index is 8.66. The predicted octanol–water partition coefficient (Wildman–Crippen LogP) is 2.41. The van der Waals surface area contributed by atoms with Gasteiger partial charge < -0.3 is 10.4 Å². The molecule has 5 heteroatoms. The summed E-state index contributed by atoms with van der Waals surface area (Å²) in [4.78, 5) is 5.65. The molecular formula is C11H16ClN3Zn. The van der Waals surface area contributed by atoms with E-state index in [4.69, 9.17) is 5.53 Å². The Labute approximate surface area is 115 Å². The summed E-state index contributed by atoms with van der Waals surface area (Å²) in [6, 6.07) is 0. The number of hydrogen-bond donors (Lipinski definition) is 0. The Balaban J connectivity index is 0.00000112. The average Bonchev–Trinajstić information content (AvgIpc) is 2.70. The van der Waals surface area contributed by atoms with Gasteiger partial charge in [0.05, 0.1) is 6.42 Å². The van der Waals surface area contributed by atoms with Crippen molar-refractivity contribution in [3.63, 3.8) is 0 Å². The molecule has 1 saturated heterocycles. The van der Waals surface area contributed by atoms with Gasteiger partial charge in [-0.3, -0.25) is 0 Å². The van der Waals surface area contributed by atoms with E-state index in [2.05, 4.69) is 22.7 Å². The van der Waals surface area contributed by atoms with Crippen molar-refractivity contribution in [3.05, 3.63) is 29.0 Å². The molecule has 1 heterocycles. The molecule has 0 spiro atoms. The van der Waals surface area contributed by atoms with Gasteiger partial charge in [0.1, 0.15) is 0 Å². The van der Waals surface area contributed by atoms with E-state index in [-0.39, 0.29) is 31.9 Å². The maximum Gasteiger partial charge on any atom is 0.296 e. The van der Waals surface area contributed by atoms with Crippen molar-refractivity contribution in [1.82, 2.24) is 4.90 Å². The van der Waals surface area contributed by atoms with Crippen molar-refractivity contribution in [3.8, 4) is 0 Å². The number of allylic oxidation sites excluding steroid dienone is 3. The monoisotopic (exact) mass is 289 g/mol. The summed E-state index contributed by atoms with van der Waals surface area (Å²) in [5.41, 5.74) is 12.1. The Bertz CT molecular complexity index is 350. The van der Waals surface area contributed by atoms with Crippen LogP contribution in [0, 0.1) is 0 Å². The van der Waals surface area contributed by atoms with Gasteiger partial charge in [0.25, 0.3) is 5.71 Å². The van der Waals surface area contributed by atoms with Crippen LogP contribution in [0.3, 0.4) is 0 Å². The number of likely N-dealkylation sites (tertiary alicyclic amines) is 1. The van der Waals surface area contributed by atoms with Crippen molar-refractivity contribution in [1.29, 1.82) is 0 Å². The Morgan fingerprint density at radius 1 is 1.25 bits per heavy atom. The molecule has 0 aromatic carbocycles. The molecule has 0 aromatic heterocycles. The second-order valence-electron chi connectivity index (χ2n) is 3.96. The first kappa shape index (κ1) is 15.6. The van der Waals surface area contributed by atoms with Crippen LogP contribution in [-0.4, -0.2) is 28.5 Å². The third kappa shape index (κ3) is 3.28. The molecule has 1 aliphatic carbocycles. The Hall–Kier alpha value is -0.427. The molecule has 16 heavy (non-hydrogen) atoms. The first-order valence-corrected chi connectivity index (χ1v) is 5.15. The minimum absolute atomic E-state index is 0. The zero-order chi connectivity index (χ0) is 9.97. The van der Waals surface area contributed by atoms with Gasteiger partial charge >= 0.3 is 0 Å². The molecule has 0 atom stereocenters. The van der Waals surface area contributed by atoms with Gasteiger partial charge in [-0.1, -0.05) is 0 Å². The summed E-state index contributed by atoms with van der Waals surface area (Å²) in [6.07, 6.45) is 7.34. The first-order chi connectivity index (χ1) is 6.81. The quantitative estimate of drug-likeness (QED) is 0.415. The van der Waals surface area contributed by atoms with E-state index in [1.165, 1.54) is 37.2 Å². The largest absolute Gasteiger partial charge is 0.372 e. The van der Waals surface area contributed by atoms with Gasteiger partial charge in [-0.25, -0.2) is 0 Å². The van der Waals surface area contributed by atoms with Gasteiger partial charge in [0.2, 0.25) is 0 Å². The summed E-state index contributed by atoms with van der Waals surface area (Å²) < 4.78 is 0. The van der Waals surface area contributed by atoms with Crippen molar-refractivity contribution in [2.24, 2.45) is 0 Å². The molecule has 0 amide bonds. The van der Waals surface area contributed by atoms with Crippen molar-refractivity contribution >= 4 is 18.1 Å². The zero-order valence-electron chi connectivity index (χ0n) is 9.65. The number of halogens is 1. The molecule has 1 fully saturated rings. The van der Waals surface area contributed by atoms with E-state index in [9.17, 15) is 0 Å². The smallest absolute Gasteiger partial charge is 0.296 e. The van der Waals surface area contributed by atoms with Crippen LogP contribution in [0.1, 0.15) is 26.2 Å². The molecule has 0 aromatic rings. The van der Waals surface area contributed by atoms with Crippen LogP contribution in [0.25, 0.3) is 5.53 Å². The van der Waals surface area contributed by atoms with E-state index >= 15 is 0 Å². The molecular weight excluding hydrogens is 275 g/mol. The number of nitrogens with zero attached hydrogens (tertiary/aromatic N) is 3. The van der Waals surface area contributed by atoms with Gasteiger partial charge in [0.15, 0.2) is 0 Å². The first-order valence-electron chi connectivity index (χ1n) is 5.15.